The Kier molecular flexibility index (Phi) is 6.27. The smallest absolute Gasteiger partial charge is 0.297 e. The third-order valence-electron chi connectivity index (χ3n) is 5.39. The van der Waals surface area contributed by atoms with Crippen LogP contribution in [-0.4, -0.2) is 22.6 Å². The van der Waals surface area contributed by atoms with Gasteiger partial charge in [0.05, 0.1) is 24.4 Å². The molecule has 1 aliphatic heterocycles. The van der Waals surface area contributed by atoms with Gasteiger partial charge in [-0.3, -0.25) is 9.36 Å². The first kappa shape index (κ1) is 20.6. The molecule has 1 aliphatic rings. The molecule has 1 aromatic heterocycles. The van der Waals surface area contributed by atoms with Crippen molar-refractivity contribution in [1.29, 1.82) is 5.26 Å². The zero-order valence-corrected chi connectivity index (χ0v) is 17.1. The summed E-state index contributed by atoms with van der Waals surface area (Å²) in [4.78, 5) is 19.9. The Labute approximate surface area is 180 Å². The summed E-state index contributed by atoms with van der Waals surface area (Å²) in [5.41, 5.74) is 1.35. The molecule has 0 amide bonds. The van der Waals surface area contributed by atoms with Crippen LogP contribution in [0.3, 0.4) is 0 Å². The maximum atomic E-state index is 13.9. The molecule has 0 saturated carbocycles. The molecule has 0 radical (unpaired) electrons. The van der Waals surface area contributed by atoms with Gasteiger partial charge in [-0.25, -0.2) is 9.37 Å². The second-order valence-electron chi connectivity index (χ2n) is 7.55. The number of aromatic nitrogens is 2. The molecule has 0 aliphatic carbocycles. The van der Waals surface area contributed by atoms with Crippen LogP contribution in [0.25, 0.3) is 0 Å². The molecule has 2 heterocycles. The summed E-state index contributed by atoms with van der Waals surface area (Å²) in [6.45, 7) is 1.88. The standard InChI is InChI=1S/C24H23FN4O2/c25-21-10-9-19(14-26)20(13-21)16-29-23(30)22(31-17-18-7-3-1-4-8-18)15-27-24(29)28-11-5-2-6-12-28/h1,3-4,7-10,13,15H,2,5-6,11-12,16-17H2. The van der Waals surface area contributed by atoms with Gasteiger partial charge in [-0.05, 0) is 48.6 Å². The molecule has 158 valence electrons. The van der Waals surface area contributed by atoms with E-state index in [9.17, 15) is 14.4 Å². The molecule has 1 saturated heterocycles. The first-order valence-electron chi connectivity index (χ1n) is 10.4. The zero-order valence-electron chi connectivity index (χ0n) is 17.1. The normalized spacial score (nSPS) is 13.6. The number of ether oxygens (including phenoxy) is 1. The van der Waals surface area contributed by atoms with Crippen molar-refractivity contribution in [2.75, 3.05) is 18.0 Å². The number of hydrogen-bond acceptors (Lipinski definition) is 5. The van der Waals surface area contributed by atoms with Crippen molar-refractivity contribution in [3.8, 4) is 11.8 Å². The Bertz CT molecular complexity index is 1150. The van der Waals surface area contributed by atoms with Crippen LogP contribution in [-0.2, 0) is 13.2 Å². The molecular weight excluding hydrogens is 395 g/mol. The van der Waals surface area contributed by atoms with Crippen molar-refractivity contribution in [2.45, 2.75) is 32.4 Å². The molecule has 0 bridgehead atoms. The molecule has 6 nitrogen and oxygen atoms in total. The van der Waals surface area contributed by atoms with Gasteiger partial charge in [0.2, 0.25) is 11.7 Å². The fraction of sp³-hybridized carbons (Fsp3) is 0.292. The topological polar surface area (TPSA) is 71.2 Å². The Hall–Kier alpha value is -3.66. The van der Waals surface area contributed by atoms with Crippen molar-refractivity contribution in [2.24, 2.45) is 0 Å². The number of nitriles is 1. The molecule has 0 spiro atoms. The van der Waals surface area contributed by atoms with E-state index in [-0.39, 0.29) is 24.5 Å². The molecule has 2 aromatic carbocycles. The summed E-state index contributed by atoms with van der Waals surface area (Å²) < 4.78 is 21.1. The molecule has 0 unspecified atom stereocenters. The van der Waals surface area contributed by atoms with Gasteiger partial charge in [0, 0.05) is 13.1 Å². The molecule has 0 atom stereocenters. The molecule has 31 heavy (non-hydrogen) atoms. The van der Waals surface area contributed by atoms with Crippen molar-refractivity contribution in [1.82, 2.24) is 9.55 Å². The third-order valence-corrected chi connectivity index (χ3v) is 5.39. The monoisotopic (exact) mass is 418 g/mol. The fourth-order valence-corrected chi connectivity index (χ4v) is 3.76. The predicted molar refractivity (Wildman–Crippen MR) is 116 cm³/mol. The highest BCUT2D eigenvalue weighted by molar-refractivity contribution is 5.41. The van der Waals surface area contributed by atoms with Crippen molar-refractivity contribution in [3.63, 3.8) is 0 Å². The Morgan fingerprint density at radius 1 is 1.10 bits per heavy atom. The van der Waals surface area contributed by atoms with Gasteiger partial charge in [-0.1, -0.05) is 30.3 Å². The second kappa shape index (κ2) is 9.43. The minimum atomic E-state index is -0.453. The van der Waals surface area contributed by atoms with E-state index in [2.05, 4.69) is 16.0 Å². The van der Waals surface area contributed by atoms with Crippen molar-refractivity contribution in [3.05, 3.63) is 87.6 Å². The summed E-state index contributed by atoms with van der Waals surface area (Å²) >= 11 is 0. The lowest BCUT2D eigenvalue weighted by Gasteiger charge is -2.29. The van der Waals surface area contributed by atoms with Crippen LogP contribution >= 0.6 is 0 Å². The van der Waals surface area contributed by atoms with Crippen LogP contribution in [0.1, 0.15) is 36.0 Å². The van der Waals surface area contributed by atoms with Gasteiger partial charge in [0.1, 0.15) is 12.4 Å². The van der Waals surface area contributed by atoms with Gasteiger partial charge >= 0.3 is 0 Å². The van der Waals surface area contributed by atoms with E-state index in [4.69, 9.17) is 4.74 Å². The summed E-state index contributed by atoms with van der Waals surface area (Å²) in [5, 5.41) is 9.43. The molecule has 0 N–H and O–H groups in total. The fourth-order valence-electron chi connectivity index (χ4n) is 3.76. The summed E-state index contributed by atoms with van der Waals surface area (Å²) in [6.07, 6.45) is 4.64. The lowest BCUT2D eigenvalue weighted by atomic mass is 10.1. The molecule has 3 aromatic rings. The Balaban J connectivity index is 1.71. The van der Waals surface area contributed by atoms with Crippen LogP contribution in [0.15, 0.2) is 59.5 Å². The van der Waals surface area contributed by atoms with Crippen LogP contribution in [0, 0.1) is 17.1 Å². The van der Waals surface area contributed by atoms with E-state index in [1.54, 1.807) is 0 Å². The second-order valence-corrected chi connectivity index (χ2v) is 7.55. The van der Waals surface area contributed by atoms with Gasteiger partial charge in [0.15, 0.2) is 0 Å². The average molecular weight is 418 g/mol. The summed E-state index contributed by atoms with van der Waals surface area (Å²) in [7, 11) is 0. The number of nitrogens with zero attached hydrogens (tertiary/aromatic N) is 4. The van der Waals surface area contributed by atoms with Crippen molar-refractivity contribution >= 4 is 5.95 Å². The Morgan fingerprint density at radius 3 is 2.61 bits per heavy atom. The Morgan fingerprint density at radius 2 is 1.87 bits per heavy atom. The summed E-state index contributed by atoms with van der Waals surface area (Å²) in [6, 6.07) is 15.6. The van der Waals surface area contributed by atoms with E-state index >= 15 is 0 Å². The van der Waals surface area contributed by atoms with E-state index in [1.807, 2.05) is 30.3 Å². The molecule has 1 fully saturated rings. The van der Waals surface area contributed by atoms with E-state index in [0.29, 0.717) is 17.1 Å². The maximum absolute atomic E-state index is 13.9. The number of rotatable bonds is 6. The highest BCUT2D eigenvalue weighted by Gasteiger charge is 2.20. The lowest BCUT2D eigenvalue weighted by molar-refractivity contribution is 0.297. The van der Waals surface area contributed by atoms with Crippen LogP contribution in [0.2, 0.25) is 0 Å². The minimum absolute atomic E-state index is 0.0425. The number of benzene rings is 2. The maximum Gasteiger partial charge on any atom is 0.297 e. The van der Waals surface area contributed by atoms with Gasteiger partial charge in [-0.15, -0.1) is 0 Å². The first-order valence-corrected chi connectivity index (χ1v) is 10.4. The number of anilines is 1. The summed E-state index contributed by atoms with van der Waals surface area (Å²) in [5.74, 6) is 0.190. The third kappa shape index (κ3) is 4.75. The SMILES string of the molecule is N#Cc1ccc(F)cc1Cn1c(N2CCCCC2)ncc(OCc2ccccc2)c1=O. The van der Waals surface area contributed by atoms with Crippen LogP contribution < -0.4 is 15.2 Å². The van der Waals surface area contributed by atoms with Crippen LogP contribution in [0.4, 0.5) is 10.3 Å². The van der Waals surface area contributed by atoms with Gasteiger partial charge < -0.3 is 9.64 Å². The largest absolute Gasteiger partial charge is 0.482 e. The van der Waals surface area contributed by atoms with E-state index < -0.39 is 5.82 Å². The first-order chi connectivity index (χ1) is 15.2. The van der Waals surface area contributed by atoms with E-state index in [0.717, 1.165) is 37.9 Å². The van der Waals surface area contributed by atoms with Gasteiger partial charge in [-0.2, -0.15) is 5.26 Å². The van der Waals surface area contributed by atoms with Gasteiger partial charge in [0.25, 0.3) is 5.56 Å². The highest BCUT2D eigenvalue weighted by atomic mass is 19.1. The van der Waals surface area contributed by atoms with Crippen LogP contribution in [0.5, 0.6) is 5.75 Å². The lowest BCUT2D eigenvalue weighted by Crippen LogP contribution is -2.37. The number of hydrogen-bond donors (Lipinski definition) is 0. The number of piperidine rings is 1. The highest BCUT2D eigenvalue weighted by Crippen LogP contribution is 2.21. The van der Waals surface area contributed by atoms with E-state index in [1.165, 1.54) is 29.0 Å². The number of halogens is 1. The van der Waals surface area contributed by atoms with Crippen molar-refractivity contribution < 1.29 is 9.13 Å². The minimum Gasteiger partial charge on any atom is -0.482 e. The predicted octanol–water partition coefficient (Wildman–Crippen LogP) is 3.87. The molecular formula is C24H23FN4O2. The quantitative estimate of drug-likeness (QED) is 0.608. The molecule has 4 rings (SSSR count). The average Bonchev–Trinajstić information content (AvgIpc) is 2.81. The zero-order chi connectivity index (χ0) is 21.6. The molecule has 7 heteroatoms.